The molecule has 19 heavy (non-hydrogen) atoms. The Hall–Kier alpha value is -1.06. The normalized spacial score (nSPS) is 14.5. The number of rotatable bonds is 1. The second-order valence-corrected chi connectivity index (χ2v) is 5.34. The van der Waals surface area contributed by atoms with Gasteiger partial charge in [-0.2, -0.15) is 0 Å². The Morgan fingerprint density at radius 2 is 1.53 bits per heavy atom. The van der Waals surface area contributed by atoms with Crippen molar-refractivity contribution in [3.8, 4) is 0 Å². The van der Waals surface area contributed by atoms with Crippen LogP contribution in [0.5, 0.6) is 0 Å². The maximum Gasteiger partial charge on any atom is 0.407 e. The number of carbonyl (C=O) groups is 2. The molecule has 4 nitrogen and oxygen atoms in total. The van der Waals surface area contributed by atoms with Crippen molar-refractivity contribution in [3.63, 3.8) is 0 Å². The Balaban J connectivity index is 0. The first-order chi connectivity index (χ1) is 8.76. The van der Waals surface area contributed by atoms with Crippen molar-refractivity contribution < 1.29 is 14.3 Å². The standard InChI is InChI=1S/C7H12O.C6H13NO2.C2H6/c1-6(8)7-4-2-3-5-7;1-6(2,3)9-5(8)7-4;1-2/h7H,2-5H2,1H3;1-4H3,(H,7,8);1-2H3. The summed E-state index contributed by atoms with van der Waals surface area (Å²) < 4.78 is 4.84. The topological polar surface area (TPSA) is 55.4 Å². The number of alkyl carbamates (subject to hydrolysis) is 1. The summed E-state index contributed by atoms with van der Waals surface area (Å²) in [6.45, 7) is 11.2. The van der Waals surface area contributed by atoms with E-state index in [0.717, 1.165) is 12.8 Å². The molecule has 1 rings (SSSR count). The summed E-state index contributed by atoms with van der Waals surface area (Å²) in [6.07, 6.45) is 4.45. The number of nitrogens with one attached hydrogen (secondary N) is 1. The van der Waals surface area contributed by atoms with Gasteiger partial charge in [0.1, 0.15) is 11.4 Å². The van der Waals surface area contributed by atoms with E-state index in [-0.39, 0.29) is 11.7 Å². The van der Waals surface area contributed by atoms with E-state index in [1.807, 2.05) is 34.6 Å². The zero-order valence-electron chi connectivity index (χ0n) is 13.6. The first-order valence-corrected chi connectivity index (χ1v) is 7.17. The smallest absolute Gasteiger partial charge is 0.407 e. The first kappa shape index (κ1) is 20.3. The molecule has 0 atom stereocenters. The van der Waals surface area contributed by atoms with E-state index in [9.17, 15) is 9.59 Å². The minimum absolute atomic E-state index is 0.387. The fraction of sp³-hybridized carbons (Fsp3) is 0.867. The Morgan fingerprint density at radius 1 is 1.11 bits per heavy atom. The largest absolute Gasteiger partial charge is 0.444 e. The molecule has 0 bridgehead atoms. The molecular formula is C15H31NO3. The predicted molar refractivity (Wildman–Crippen MR) is 79.3 cm³/mol. The van der Waals surface area contributed by atoms with E-state index >= 15 is 0 Å². The lowest BCUT2D eigenvalue weighted by molar-refractivity contribution is -0.120. The highest BCUT2D eigenvalue weighted by atomic mass is 16.6. The minimum atomic E-state index is -0.389. The van der Waals surface area contributed by atoms with Gasteiger partial charge < -0.3 is 10.1 Å². The van der Waals surface area contributed by atoms with E-state index in [2.05, 4.69) is 5.32 Å². The number of ether oxygens (including phenoxy) is 1. The van der Waals surface area contributed by atoms with Gasteiger partial charge in [-0.1, -0.05) is 26.7 Å². The molecule has 1 aliphatic carbocycles. The van der Waals surface area contributed by atoms with Crippen LogP contribution in [0.1, 0.15) is 67.2 Å². The van der Waals surface area contributed by atoms with Gasteiger partial charge in [0.05, 0.1) is 0 Å². The molecule has 1 saturated carbocycles. The van der Waals surface area contributed by atoms with Crippen LogP contribution in [0.25, 0.3) is 0 Å². The lowest BCUT2D eigenvalue weighted by Gasteiger charge is -2.18. The fourth-order valence-electron chi connectivity index (χ4n) is 1.66. The SMILES string of the molecule is CC.CC(=O)C1CCCC1.CNC(=O)OC(C)(C)C. The van der Waals surface area contributed by atoms with Gasteiger partial charge in [-0.25, -0.2) is 4.79 Å². The molecule has 0 aromatic heterocycles. The van der Waals surface area contributed by atoms with Crippen molar-refractivity contribution in [1.82, 2.24) is 5.32 Å². The van der Waals surface area contributed by atoms with Crippen LogP contribution in [0.15, 0.2) is 0 Å². The van der Waals surface area contributed by atoms with E-state index in [1.54, 1.807) is 6.92 Å². The van der Waals surface area contributed by atoms with E-state index in [4.69, 9.17) is 4.74 Å². The fourth-order valence-corrected chi connectivity index (χ4v) is 1.66. The molecule has 1 fully saturated rings. The van der Waals surface area contributed by atoms with Gasteiger partial charge in [-0.15, -0.1) is 0 Å². The van der Waals surface area contributed by atoms with Gasteiger partial charge in [0, 0.05) is 13.0 Å². The van der Waals surface area contributed by atoms with Crippen LogP contribution in [0.3, 0.4) is 0 Å². The third kappa shape index (κ3) is 13.2. The maximum absolute atomic E-state index is 10.6. The lowest BCUT2D eigenvalue weighted by atomic mass is 10.0. The van der Waals surface area contributed by atoms with Crippen LogP contribution >= 0.6 is 0 Å². The molecule has 1 N–H and O–H groups in total. The summed E-state index contributed by atoms with van der Waals surface area (Å²) in [5.41, 5.74) is -0.389. The van der Waals surface area contributed by atoms with Gasteiger partial charge in [-0.3, -0.25) is 4.79 Å². The quantitative estimate of drug-likeness (QED) is 0.787. The van der Waals surface area contributed by atoms with Crippen LogP contribution in [0, 0.1) is 5.92 Å². The first-order valence-electron chi connectivity index (χ1n) is 7.17. The minimum Gasteiger partial charge on any atom is -0.444 e. The summed E-state index contributed by atoms with van der Waals surface area (Å²) in [6, 6.07) is 0. The number of carbonyl (C=O) groups excluding carboxylic acids is 2. The molecular weight excluding hydrogens is 242 g/mol. The van der Waals surface area contributed by atoms with Crippen molar-refractivity contribution >= 4 is 11.9 Å². The zero-order chi connectivity index (χ0) is 15.5. The zero-order valence-corrected chi connectivity index (χ0v) is 13.6. The third-order valence-electron chi connectivity index (χ3n) is 2.53. The number of amides is 1. The molecule has 0 radical (unpaired) electrons. The third-order valence-corrected chi connectivity index (χ3v) is 2.53. The monoisotopic (exact) mass is 273 g/mol. The van der Waals surface area contributed by atoms with Crippen LogP contribution in [0.2, 0.25) is 0 Å². The number of Topliss-reactive ketones (excluding diaryl/α,β-unsaturated/α-hetero) is 1. The molecule has 0 aromatic carbocycles. The lowest BCUT2D eigenvalue weighted by Crippen LogP contribution is -2.30. The van der Waals surface area contributed by atoms with E-state index in [1.165, 1.54) is 19.9 Å². The van der Waals surface area contributed by atoms with Crippen LogP contribution in [-0.4, -0.2) is 24.5 Å². The Labute approximate surface area is 118 Å². The number of hydrogen-bond acceptors (Lipinski definition) is 3. The Bertz CT molecular complexity index is 251. The van der Waals surface area contributed by atoms with Gasteiger partial charge in [0.15, 0.2) is 0 Å². The molecule has 0 heterocycles. The molecule has 0 unspecified atom stereocenters. The van der Waals surface area contributed by atoms with E-state index < -0.39 is 0 Å². The van der Waals surface area contributed by atoms with Gasteiger partial charge in [0.25, 0.3) is 0 Å². The molecule has 4 heteroatoms. The summed E-state index contributed by atoms with van der Waals surface area (Å²) in [4.78, 5) is 21.1. The molecule has 1 amide bonds. The maximum atomic E-state index is 10.6. The van der Waals surface area contributed by atoms with Crippen molar-refractivity contribution in [2.45, 2.75) is 72.8 Å². The number of hydrogen-bond donors (Lipinski definition) is 1. The molecule has 114 valence electrons. The van der Waals surface area contributed by atoms with Crippen molar-refractivity contribution in [3.05, 3.63) is 0 Å². The Kier molecular flexibility index (Phi) is 11.5. The highest BCUT2D eigenvalue weighted by Gasteiger charge is 2.18. The molecule has 0 saturated heterocycles. The van der Waals surface area contributed by atoms with Crippen LogP contribution in [0.4, 0.5) is 4.79 Å². The summed E-state index contributed by atoms with van der Waals surface area (Å²) in [7, 11) is 1.54. The summed E-state index contributed by atoms with van der Waals surface area (Å²) in [5, 5.41) is 2.36. The molecule has 0 aromatic rings. The summed E-state index contributed by atoms with van der Waals surface area (Å²) in [5.74, 6) is 0.817. The van der Waals surface area contributed by atoms with E-state index in [0.29, 0.717) is 11.7 Å². The van der Waals surface area contributed by atoms with Crippen LogP contribution < -0.4 is 5.32 Å². The summed E-state index contributed by atoms with van der Waals surface area (Å²) >= 11 is 0. The highest BCUT2D eigenvalue weighted by molar-refractivity contribution is 5.78. The highest BCUT2D eigenvalue weighted by Crippen LogP contribution is 2.24. The average molecular weight is 273 g/mol. The van der Waals surface area contributed by atoms with Crippen molar-refractivity contribution in [2.24, 2.45) is 5.92 Å². The second-order valence-electron chi connectivity index (χ2n) is 5.34. The molecule has 1 aliphatic rings. The predicted octanol–water partition coefficient (Wildman–Crippen LogP) is 3.93. The van der Waals surface area contributed by atoms with Crippen LogP contribution in [-0.2, 0) is 9.53 Å². The Morgan fingerprint density at radius 3 is 1.68 bits per heavy atom. The van der Waals surface area contributed by atoms with Gasteiger partial charge in [-0.05, 0) is 40.5 Å². The van der Waals surface area contributed by atoms with Gasteiger partial charge in [0.2, 0.25) is 0 Å². The second kappa shape index (κ2) is 10.8. The van der Waals surface area contributed by atoms with Gasteiger partial charge >= 0.3 is 6.09 Å². The van der Waals surface area contributed by atoms with Crippen molar-refractivity contribution in [1.29, 1.82) is 0 Å². The average Bonchev–Trinajstić information content (AvgIpc) is 2.84. The molecule has 0 spiro atoms. The molecule has 0 aliphatic heterocycles. The van der Waals surface area contributed by atoms with Crippen molar-refractivity contribution in [2.75, 3.05) is 7.05 Å². The number of ketones is 1.